The lowest BCUT2D eigenvalue weighted by Crippen LogP contribution is -2.42. The van der Waals surface area contributed by atoms with Crippen LogP contribution in [-0.2, 0) is 19.0 Å². The van der Waals surface area contributed by atoms with Crippen LogP contribution in [0.2, 0.25) is 0 Å². The first-order chi connectivity index (χ1) is 8.48. The molecule has 1 aliphatic rings. The average molecular weight is 295 g/mol. The topological polar surface area (TPSA) is 93.1 Å². The first kappa shape index (κ1) is 16.2. The van der Waals surface area contributed by atoms with Crippen LogP contribution < -0.4 is 0 Å². The Morgan fingerprint density at radius 3 is 2.47 bits per heavy atom. The lowest BCUT2D eigenvalue weighted by Gasteiger charge is -2.28. The molecule has 0 aliphatic carbocycles. The zero-order valence-corrected chi connectivity index (χ0v) is 12.4. The molecule has 2 atom stereocenters. The van der Waals surface area contributed by atoms with Crippen molar-refractivity contribution in [3.63, 3.8) is 0 Å². The monoisotopic (exact) mass is 295 g/mol. The van der Waals surface area contributed by atoms with Crippen LogP contribution in [0.25, 0.3) is 0 Å². The highest BCUT2D eigenvalue weighted by molar-refractivity contribution is 7.85. The summed E-state index contributed by atoms with van der Waals surface area (Å²) in [5.74, 6) is 0. The molecule has 0 aromatic rings. The van der Waals surface area contributed by atoms with Crippen LogP contribution in [0, 0.1) is 0 Å². The Balaban J connectivity index is 2.66. The molecule has 0 saturated carbocycles. The summed E-state index contributed by atoms with van der Waals surface area (Å²) in [4.78, 5) is 13.2. The first-order valence-corrected chi connectivity index (χ1v) is 7.82. The fraction of sp³-hybridized carbons (Fsp3) is 0.909. The molecule has 112 valence electrons. The molecule has 1 heterocycles. The van der Waals surface area contributed by atoms with Crippen molar-refractivity contribution < 1.29 is 27.2 Å². The lowest BCUT2D eigenvalue weighted by atomic mass is 10.2. The highest BCUT2D eigenvalue weighted by Gasteiger charge is 2.37. The summed E-state index contributed by atoms with van der Waals surface area (Å²) in [6.07, 6.45) is -0.0582. The van der Waals surface area contributed by atoms with Gasteiger partial charge in [0.05, 0.1) is 31.6 Å². The Hall–Kier alpha value is -0.860. The van der Waals surface area contributed by atoms with Gasteiger partial charge < -0.3 is 14.7 Å². The zero-order valence-electron chi connectivity index (χ0n) is 11.6. The number of β-amino-alcohol motifs (C(OH)–C–C–N with tert-alkyl or cyclic N) is 1. The number of nitrogens with zero attached hydrogens (tertiary/aromatic N) is 1. The van der Waals surface area contributed by atoms with Gasteiger partial charge in [-0.15, -0.1) is 0 Å². The van der Waals surface area contributed by atoms with E-state index in [0.29, 0.717) is 0 Å². The Kier molecular flexibility index (Phi) is 4.81. The second-order valence-electron chi connectivity index (χ2n) is 5.66. The van der Waals surface area contributed by atoms with Crippen molar-refractivity contribution in [3.8, 4) is 0 Å². The van der Waals surface area contributed by atoms with Crippen molar-refractivity contribution in [1.29, 1.82) is 0 Å². The van der Waals surface area contributed by atoms with Gasteiger partial charge in [0, 0.05) is 0 Å². The van der Waals surface area contributed by atoms with E-state index in [1.807, 2.05) is 0 Å². The average Bonchev–Trinajstić information content (AvgIpc) is 2.53. The number of hydrogen-bond acceptors (Lipinski definition) is 6. The lowest BCUT2D eigenvalue weighted by molar-refractivity contribution is 0.0175. The molecule has 0 radical (unpaired) electrons. The van der Waals surface area contributed by atoms with Crippen molar-refractivity contribution >= 4 is 16.2 Å². The van der Waals surface area contributed by atoms with Gasteiger partial charge in [-0.2, -0.15) is 8.42 Å². The highest BCUT2D eigenvalue weighted by atomic mass is 32.2. The Bertz CT molecular complexity index is 427. The summed E-state index contributed by atoms with van der Waals surface area (Å²) < 4.78 is 31.8. The number of carbonyl (C=O) groups is 1. The van der Waals surface area contributed by atoms with Gasteiger partial charge in [0.1, 0.15) is 5.60 Å². The molecule has 8 heteroatoms. The van der Waals surface area contributed by atoms with E-state index in [1.165, 1.54) is 4.90 Å². The molecule has 0 aromatic heterocycles. The molecule has 0 aromatic carbocycles. The van der Waals surface area contributed by atoms with Crippen molar-refractivity contribution in [2.45, 2.75) is 44.9 Å². The third kappa shape index (κ3) is 5.75. The van der Waals surface area contributed by atoms with Crippen molar-refractivity contribution in [3.05, 3.63) is 0 Å². The van der Waals surface area contributed by atoms with E-state index >= 15 is 0 Å². The van der Waals surface area contributed by atoms with Crippen LogP contribution in [0.1, 0.15) is 27.2 Å². The number of likely N-dealkylation sites (tertiary alicyclic amines) is 1. The molecule has 1 aliphatic heterocycles. The number of carbonyl (C=O) groups excluding carboxylic acids is 1. The first-order valence-electron chi connectivity index (χ1n) is 6.00. The van der Waals surface area contributed by atoms with E-state index in [0.717, 1.165) is 6.26 Å². The Morgan fingerprint density at radius 2 is 2.00 bits per heavy atom. The number of aliphatic hydroxyl groups is 1. The second kappa shape index (κ2) is 5.64. The maximum Gasteiger partial charge on any atom is 0.410 e. The largest absolute Gasteiger partial charge is 0.444 e. The fourth-order valence-electron chi connectivity index (χ4n) is 1.80. The standard InChI is InChI=1S/C11H21NO6S/c1-11(2,3)18-10(14)12-6-9(13)5-8(12)7-17-19(4,15)16/h8-9,13H,5-7H2,1-4H3/t8-,9-/m1/s1. The normalized spacial score (nSPS) is 24.6. The molecule has 1 N–H and O–H groups in total. The third-order valence-corrected chi connectivity index (χ3v) is 3.06. The van der Waals surface area contributed by atoms with Gasteiger partial charge >= 0.3 is 6.09 Å². The van der Waals surface area contributed by atoms with E-state index in [-0.39, 0.29) is 19.6 Å². The molecule has 1 saturated heterocycles. The molecule has 19 heavy (non-hydrogen) atoms. The quantitative estimate of drug-likeness (QED) is 0.754. The predicted octanol–water partition coefficient (Wildman–Crippen LogP) is 0.333. The maximum atomic E-state index is 11.9. The molecule has 0 bridgehead atoms. The predicted molar refractivity (Wildman–Crippen MR) is 68.1 cm³/mol. The minimum atomic E-state index is -3.57. The van der Waals surface area contributed by atoms with Crippen molar-refractivity contribution in [1.82, 2.24) is 4.90 Å². The molecular formula is C11H21NO6S. The molecule has 0 spiro atoms. The van der Waals surface area contributed by atoms with Crippen molar-refractivity contribution in [2.75, 3.05) is 19.4 Å². The zero-order chi connectivity index (χ0) is 14.8. The van der Waals surface area contributed by atoms with E-state index in [1.54, 1.807) is 20.8 Å². The number of aliphatic hydroxyl groups excluding tert-OH is 1. The van der Waals surface area contributed by atoms with Gasteiger partial charge in [-0.05, 0) is 27.2 Å². The minimum Gasteiger partial charge on any atom is -0.444 e. The van der Waals surface area contributed by atoms with Gasteiger partial charge in [0.15, 0.2) is 0 Å². The maximum absolute atomic E-state index is 11.9. The van der Waals surface area contributed by atoms with Gasteiger partial charge in [0.25, 0.3) is 10.1 Å². The summed E-state index contributed by atoms with van der Waals surface area (Å²) in [5, 5.41) is 9.59. The molecular weight excluding hydrogens is 274 g/mol. The van der Waals surface area contributed by atoms with Crippen molar-refractivity contribution in [2.24, 2.45) is 0 Å². The van der Waals surface area contributed by atoms with E-state index < -0.39 is 34.0 Å². The summed E-state index contributed by atoms with van der Waals surface area (Å²) >= 11 is 0. The smallest absolute Gasteiger partial charge is 0.410 e. The van der Waals surface area contributed by atoms with E-state index in [2.05, 4.69) is 4.18 Å². The van der Waals surface area contributed by atoms with Crippen LogP contribution in [-0.4, -0.2) is 61.7 Å². The number of hydrogen-bond donors (Lipinski definition) is 1. The van der Waals surface area contributed by atoms with Crippen LogP contribution in [0.15, 0.2) is 0 Å². The van der Waals surface area contributed by atoms with Gasteiger partial charge in [-0.25, -0.2) is 4.79 Å². The Morgan fingerprint density at radius 1 is 1.42 bits per heavy atom. The van der Waals surface area contributed by atoms with Gasteiger partial charge in [-0.3, -0.25) is 4.18 Å². The number of amides is 1. The molecule has 1 fully saturated rings. The second-order valence-corrected chi connectivity index (χ2v) is 7.31. The summed E-state index contributed by atoms with van der Waals surface area (Å²) in [6, 6.07) is -0.500. The molecule has 0 unspecified atom stereocenters. The molecule has 1 rings (SSSR count). The number of ether oxygens (including phenoxy) is 1. The third-order valence-electron chi connectivity index (χ3n) is 2.49. The SMILES string of the molecule is CC(C)(C)OC(=O)N1C[C@H](O)C[C@@H]1COS(C)(=O)=O. The van der Waals surface area contributed by atoms with Crippen LogP contribution in [0.5, 0.6) is 0 Å². The van der Waals surface area contributed by atoms with Gasteiger partial charge in [0.2, 0.25) is 0 Å². The van der Waals surface area contributed by atoms with Crippen LogP contribution in [0.4, 0.5) is 4.79 Å². The summed E-state index contributed by atoms with van der Waals surface area (Å²) in [6.45, 7) is 5.15. The fourth-order valence-corrected chi connectivity index (χ4v) is 2.20. The van der Waals surface area contributed by atoms with E-state index in [9.17, 15) is 18.3 Å². The van der Waals surface area contributed by atoms with Gasteiger partial charge in [-0.1, -0.05) is 0 Å². The van der Waals surface area contributed by atoms with Crippen LogP contribution >= 0.6 is 0 Å². The summed E-state index contributed by atoms with van der Waals surface area (Å²) in [5.41, 5.74) is -0.646. The Labute approximate surface area is 113 Å². The number of rotatable bonds is 3. The van der Waals surface area contributed by atoms with Crippen LogP contribution in [0.3, 0.4) is 0 Å². The molecule has 1 amide bonds. The highest BCUT2D eigenvalue weighted by Crippen LogP contribution is 2.21. The minimum absolute atomic E-state index is 0.118. The van der Waals surface area contributed by atoms with E-state index in [4.69, 9.17) is 4.74 Å². The molecule has 7 nitrogen and oxygen atoms in total. The summed E-state index contributed by atoms with van der Waals surface area (Å²) in [7, 11) is -3.57.